The molecule has 5 nitrogen and oxygen atoms in total. The third-order valence-electron chi connectivity index (χ3n) is 6.68. The molecule has 1 saturated heterocycles. The summed E-state index contributed by atoms with van der Waals surface area (Å²) in [6.45, 7) is 0.835. The van der Waals surface area contributed by atoms with E-state index >= 15 is 0 Å². The van der Waals surface area contributed by atoms with Crippen LogP contribution >= 0.6 is 12.2 Å². The average Bonchev–Trinajstić information content (AvgIpc) is 3.14. The molecule has 5 rings (SSSR count). The van der Waals surface area contributed by atoms with E-state index in [1.807, 2.05) is 29.8 Å². The quantitative estimate of drug-likeness (QED) is 0.359. The van der Waals surface area contributed by atoms with Crippen molar-refractivity contribution >= 4 is 23.3 Å². The van der Waals surface area contributed by atoms with Gasteiger partial charge < -0.3 is 24.1 Å². The molecule has 1 fully saturated rings. The highest BCUT2D eigenvalue weighted by Crippen LogP contribution is 2.35. The predicted octanol–water partition coefficient (Wildman–Crippen LogP) is 5.22. The number of aliphatic hydroxyl groups is 1. The number of oxazole rings is 1. The Balaban J connectivity index is 1.29. The van der Waals surface area contributed by atoms with Crippen molar-refractivity contribution in [1.82, 2.24) is 9.88 Å². The van der Waals surface area contributed by atoms with Gasteiger partial charge in [-0.15, -0.1) is 0 Å². The molecule has 8 heteroatoms. The summed E-state index contributed by atoms with van der Waals surface area (Å²) in [7, 11) is 1.86. The van der Waals surface area contributed by atoms with Crippen molar-refractivity contribution in [2.75, 3.05) is 6.61 Å². The molecule has 0 spiro atoms. The number of nitrogens with one attached hydrogen (secondary N) is 1. The number of hydrogen-bond acceptors (Lipinski definition) is 5. The molecule has 0 amide bonds. The lowest BCUT2D eigenvalue weighted by Crippen LogP contribution is -2.50. The zero-order valence-electron chi connectivity index (χ0n) is 19.2. The monoisotopic (exact) mass is 496 g/mol. The van der Waals surface area contributed by atoms with Crippen molar-refractivity contribution in [2.45, 2.75) is 37.1 Å². The normalized spacial score (nSPS) is 20.5. The Morgan fingerprint density at radius 2 is 1.66 bits per heavy atom. The summed E-state index contributed by atoms with van der Waals surface area (Å²) < 4.78 is 40.8. The van der Waals surface area contributed by atoms with Crippen molar-refractivity contribution in [3.05, 3.63) is 99.9 Å². The van der Waals surface area contributed by atoms with E-state index in [1.165, 1.54) is 24.3 Å². The Labute approximate surface area is 207 Å². The minimum Gasteiger partial charge on any atom is -0.429 e. The number of aryl methyl sites for hydroxylation is 1. The van der Waals surface area contributed by atoms with Gasteiger partial charge in [-0.2, -0.15) is 0 Å². The zero-order chi connectivity index (χ0) is 24.5. The van der Waals surface area contributed by atoms with Gasteiger partial charge in [-0.05, 0) is 65.3 Å². The second-order valence-corrected chi connectivity index (χ2v) is 9.32. The van der Waals surface area contributed by atoms with Crippen LogP contribution in [0.15, 0.2) is 71.1 Å². The third kappa shape index (κ3) is 5.06. The fourth-order valence-electron chi connectivity index (χ4n) is 4.74. The lowest BCUT2D eigenvalue weighted by atomic mass is 9.82. The van der Waals surface area contributed by atoms with Gasteiger partial charge in [0.1, 0.15) is 11.6 Å². The van der Waals surface area contributed by atoms with Crippen LogP contribution in [0.1, 0.15) is 29.0 Å². The first kappa shape index (κ1) is 23.8. The van der Waals surface area contributed by atoms with Crippen molar-refractivity contribution in [3.8, 4) is 0 Å². The summed E-state index contributed by atoms with van der Waals surface area (Å²) in [5.41, 5.74) is 4.35. The number of nitrogens with zero attached hydrogens (tertiary/aromatic N) is 1. The highest BCUT2D eigenvalue weighted by molar-refractivity contribution is 7.71. The first-order valence-corrected chi connectivity index (χ1v) is 11.9. The second-order valence-electron chi connectivity index (χ2n) is 8.97. The highest BCUT2D eigenvalue weighted by atomic mass is 32.1. The Hall–Kier alpha value is -2.91. The zero-order valence-corrected chi connectivity index (χ0v) is 20.0. The molecule has 3 aromatic carbocycles. The molecule has 3 atom stereocenters. The Bertz CT molecular complexity index is 1320. The third-order valence-corrected chi connectivity index (χ3v) is 7.04. The van der Waals surface area contributed by atoms with Gasteiger partial charge in [-0.25, -0.2) is 8.78 Å². The van der Waals surface area contributed by atoms with Crippen LogP contribution in [0.4, 0.5) is 8.78 Å². The Morgan fingerprint density at radius 1 is 1.03 bits per heavy atom. The summed E-state index contributed by atoms with van der Waals surface area (Å²) in [6.07, 6.45) is -0.617. The van der Waals surface area contributed by atoms with E-state index in [0.717, 1.165) is 27.8 Å². The van der Waals surface area contributed by atoms with Crippen LogP contribution < -0.4 is 5.32 Å². The predicted molar refractivity (Wildman–Crippen MR) is 132 cm³/mol. The van der Waals surface area contributed by atoms with Crippen LogP contribution in [-0.2, 0) is 18.3 Å². The van der Waals surface area contributed by atoms with Crippen LogP contribution in [-0.4, -0.2) is 34.5 Å². The highest BCUT2D eigenvalue weighted by Gasteiger charge is 2.35. The van der Waals surface area contributed by atoms with Crippen LogP contribution in [0.2, 0.25) is 0 Å². The fourth-order valence-corrected chi connectivity index (χ4v) is 4.92. The Morgan fingerprint density at radius 3 is 2.26 bits per heavy atom. The van der Waals surface area contributed by atoms with Gasteiger partial charge in [0.15, 0.2) is 5.58 Å². The number of benzene rings is 3. The van der Waals surface area contributed by atoms with Crippen molar-refractivity contribution in [2.24, 2.45) is 7.05 Å². The van der Waals surface area contributed by atoms with Crippen LogP contribution in [0, 0.1) is 16.5 Å². The number of halogens is 2. The summed E-state index contributed by atoms with van der Waals surface area (Å²) >= 11 is 5.19. The van der Waals surface area contributed by atoms with E-state index < -0.39 is 6.10 Å². The van der Waals surface area contributed by atoms with E-state index in [0.29, 0.717) is 24.4 Å². The SMILES string of the molecule is Cn1c(=S)oc2cc(CNC3COC(C(c4ccc(F)cc4)c4ccc(F)cc4)CC3O)ccc21. The molecular weight excluding hydrogens is 470 g/mol. The van der Waals surface area contributed by atoms with Crippen molar-refractivity contribution < 1.29 is 23.0 Å². The van der Waals surface area contributed by atoms with Gasteiger partial charge >= 0.3 is 0 Å². The lowest BCUT2D eigenvalue weighted by Gasteiger charge is -2.38. The van der Waals surface area contributed by atoms with E-state index in [9.17, 15) is 13.9 Å². The van der Waals surface area contributed by atoms with Gasteiger partial charge in [0.2, 0.25) is 0 Å². The first-order valence-electron chi connectivity index (χ1n) is 11.5. The minimum absolute atomic E-state index is 0.258. The molecule has 35 heavy (non-hydrogen) atoms. The summed E-state index contributed by atoms with van der Waals surface area (Å²) in [5.74, 6) is -0.918. The summed E-state index contributed by atoms with van der Waals surface area (Å²) in [6, 6.07) is 18.1. The van der Waals surface area contributed by atoms with Crippen molar-refractivity contribution in [1.29, 1.82) is 0 Å². The lowest BCUT2D eigenvalue weighted by molar-refractivity contribution is -0.0718. The number of rotatable bonds is 6. The standard InChI is InChI=1S/C27H26F2N2O3S/c1-31-22-11-2-16(12-24(22)34-27(31)35)14-30-21-15-33-25(13-23(21)32)26(17-3-7-19(28)8-4-17)18-5-9-20(29)10-6-18/h2-12,21,23,25-26,30,32H,13-15H2,1H3. The Kier molecular flexibility index (Phi) is 6.80. The van der Waals surface area contributed by atoms with Gasteiger partial charge in [-0.1, -0.05) is 30.3 Å². The van der Waals surface area contributed by atoms with Crippen LogP contribution in [0.3, 0.4) is 0 Å². The summed E-state index contributed by atoms with van der Waals surface area (Å²) in [5, 5.41) is 14.3. The maximum atomic E-state index is 13.6. The van der Waals surface area contributed by atoms with E-state index in [2.05, 4.69) is 5.32 Å². The number of fused-ring (bicyclic) bond motifs is 1. The van der Waals surface area contributed by atoms with Crippen LogP contribution in [0.5, 0.6) is 0 Å². The number of aliphatic hydroxyl groups excluding tert-OH is 1. The van der Waals surface area contributed by atoms with E-state index in [-0.39, 0.29) is 29.7 Å². The molecule has 2 N–H and O–H groups in total. The smallest absolute Gasteiger partial charge is 0.269 e. The molecule has 0 bridgehead atoms. The minimum atomic E-state index is -0.651. The van der Waals surface area contributed by atoms with E-state index in [4.69, 9.17) is 21.4 Å². The number of ether oxygens (including phenoxy) is 1. The molecule has 1 aromatic heterocycles. The molecule has 4 aromatic rings. The average molecular weight is 497 g/mol. The topological polar surface area (TPSA) is 59.6 Å². The molecule has 2 heterocycles. The fraction of sp³-hybridized carbons (Fsp3) is 0.296. The molecule has 3 unspecified atom stereocenters. The molecule has 0 radical (unpaired) electrons. The molecule has 0 saturated carbocycles. The second kappa shape index (κ2) is 9.99. The molecule has 1 aliphatic rings. The van der Waals surface area contributed by atoms with Crippen molar-refractivity contribution in [3.63, 3.8) is 0 Å². The molecule has 1 aliphatic heterocycles. The number of aromatic nitrogens is 1. The number of hydrogen-bond donors (Lipinski definition) is 2. The summed E-state index contributed by atoms with van der Waals surface area (Å²) in [4.78, 5) is 0.420. The van der Waals surface area contributed by atoms with Gasteiger partial charge in [-0.3, -0.25) is 0 Å². The molecule has 0 aliphatic carbocycles. The first-order chi connectivity index (χ1) is 16.9. The van der Waals surface area contributed by atoms with Gasteiger partial charge in [0.05, 0.1) is 30.4 Å². The largest absolute Gasteiger partial charge is 0.429 e. The van der Waals surface area contributed by atoms with Gasteiger partial charge in [0, 0.05) is 25.9 Å². The molecule has 182 valence electrons. The molecular formula is C27H26F2N2O3S. The maximum Gasteiger partial charge on any atom is 0.269 e. The maximum absolute atomic E-state index is 13.6. The van der Waals surface area contributed by atoms with Crippen LogP contribution in [0.25, 0.3) is 11.1 Å². The van der Waals surface area contributed by atoms with E-state index in [1.54, 1.807) is 24.3 Å². The van der Waals surface area contributed by atoms with Gasteiger partial charge in [0.25, 0.3) is 4.84 Å².